The molecule has 3 heteroatoms. The maximum Gasteiger partial charge on any atom is 0.0809 e. The number of aliphatic hydroxyl groups is 1. The smallest absolute Gasteiger partial charge is 0.0809 e. The van der Waals surface area contributed by atoms with Crippen molar-refractivity contribution in [2.24, 2.45) is 5.92 Å². The van der Waals surface area contributed by atoms with Crippen molar-refractivity contribution in [3.8, 4) is 11.8 Å². The van der Waals surface area contributed by atoms with Crippen molar-refractivity contribution in [3.05, 3.63) is 21.9 Å². The zero-order chi connectivity index (χ0) is 12.6. The highest BCUT2D eigenvalue weighted by molar-refractivity contribution is 7.10. The third-order valence-corrected chi connectivity index (χ3v) is 4.17. The van der Waals surface area contributed by atoms with Gasteiger partial charge in [-0.05, 0) is 18.4 Å². The number of ether oxygens (including phenoxy) is 1. The number of thiophene rings is 1. The molecule has 98 valence electrons. The molecule has 1 aliphatic carbocycles. The Bertz CT molecular complexity index is 410. The van der Waals surface area contributed by atoms with Crippen molar-refractivity contribution in [1.29, 1.82) is 0 Å². The van der Waals surface area contributed by atoms with Crippen LogP contribution in [0.1, 0.15) is 42.5 Å². The van der Waals surface area contributed by atoms with E-state index in [4.69, 9.17) is 9.84 Å². The zero-order valence-corrected chi connectivity index (χ0v) is 11.5. The van der Waals surface area contributed by atoms with Gasteiger partial charge in [0, 0.05) is 28.8 Å². The monoisotopic (exact) mass is 264 g/mol. The van der Waals surface area contributed by atoms with E-state index in [1.807, 2.05) is 0 Å². The summed E-state index contributed by atoms with van der Waals surface area (Å²) in [7, 11) is 0. The van der Waals surface area contributed by atoms with E-state index in [9.17, 15) is 0 Å². The summed E-state index contributed by atoms with van der Waals surface area (Å²) in [4.78, 5) is 1.23. The van der Waals surface area contributed by atoms with Crippen molar-refractivity contribution in [2.75, 3.05) is 13.2 Å². The normalized spacial score (nSPS) is 14.9. The van der Waals surface area contributed by atoms with E-state index >= 15 is 0 Å². The summed E-state index contributed by atoms with van der Waals surface area (Å²) in [5.74, 6) is 6.89. The van der Waals surface area contributed by atoms with Gasteiger partial charge in [-0.3, -0.25) is 0 Å². The molecule has 0 aromatic carbocycles. The fourth-order valence-corrected chi connectivity index (χ4v) is 2.70. The largest absolute Gasteiger partial charge is 0.395 e. The number of rotatable bonds is 6. The molecule has 0 bridgehead atoms. The van der Waals surface area contributed by atoms with Crippen LogP contribution in [-0.4, -0.2) is 18.3 Å². The fraction of sp³-hybridized carbons (Fsp3) is 0.600. The van der Waals surface area contributed by atoms with Crippen LogP contribution in [0.3, 0.4) is 0 Å². The molecule has 1 fully saturated rings. The molecule has 0 saturated heterocycles. The van der Waals surface area contributed by atoms with Crippen LogP contribution in [-0.2, 0) is 11.3 Å². The maximum absolute atomic E-state index is 8.64. The van der Waals surface area contributed by atoms with Gasteiger partial charge >= 0.3 is 0 Å². The minimum absolute atomic E-state index is 0.133. The molecule has 0 atom stereocenters. The summed E-state index contributed by atoms with van der Waals surface area (Å²) in [5.41, 5.74) is 1.03. The first-order valence-electron chi connectivity index (χ1n) is 6.63. The summed E-state index contributed by atoms with van der Waals surface area (Å²) >= 11 is 1.70. The Morgan fingerprint density at radius 2 is 2.33 bits per heavy atom. The first-order valence-corrected chi connectivity index (χ1v) is 7.51. The van der Waals surface area contributed by atoms with Gasteiger partial charge in [-0.25, -0.2) is 0 Å². The molecular weight excluding hydrogens is 244 g/mol. The third kappa shape index (κ3) is 4.45. The molecule has 18 heavy (non-hydrogen) atoms. The van der Waals surface area contributed by atoms with Crippen LogP contribution in [0.4, 0.5) is 0 Å². The predicted octanol–water partition coefficient (Wildman–Crippen LogP) is 3.19. The summed E-state index contributed by atoms with van der Waals surface area (Å²) in [6.45, 7) is 1.72. The van der Waals surface area contributed by atoms with E-state index in [2.05, 4.69) is 23.3 Å². The summed E-state index contributed by atoms with van der Waals surface area (Å²) in [6, 6.07) is 2.08. The highest BCUT2D eigenvalue weighted by Gasteiger charge is 2.16. The van der Waals surface area contributed by atoms with Crippen molar-refractivity contribution in [3.63, 3.8) is 0 Å². The second-order valence-electron chi connectivity index (χ2n) is 4.72. The molecule has 1 aliphatic rings. The summed E-state index contributed by atoms with van der Waals surface area (Å²) in [6.07, 6.45) is 5.96. The average Bonchev–Trinajstić information content (AvgIpc) is 2.75. The standard InChI is InChI=1S/C15H20O2S/c16-8-2-1-4-14-10-15(18-12-14)11-17-9-7-13-5-3-6-13/h10,12-13,16H,2-3,5-9,11H2. The zero-order valence-electron chi connectivity index (χ0n) is 10.7. The van der Waals surface area contributed by atoms with Crippen LogP contribution in [0.25, 0.3) is 0 Å². The molecule has 2 rings (SSSR count). The molecule has 0 unspecified atom stereocenters. The molecule has 1 aromatic rings. The second-order valence-corrected chi connectivity index (χ2v) is 5.71. The highest BCUT2D eigenvalue weighted by atomic mass is 32.1. The van der Waals surface area contributed by atoms with E-state index in [1.165, 1.54) is 30.6 Å². The van der Waals surface area contributed by atoms with Crippen LogP contribution in [0.2, 0.25) is 0 Å². The lowest BCUT2D eigenvalue weighted by atomic mass is 9.83. The second kappa shape index (κ2) is 7.58. The van der Waals surface area contributed by atoms with Gasteiger partial charge in [0.05, 0.1) is 13.2 Å². The van der Waals surface area contributed by atoms with E-state index in [1.54, 1.807) is 11.3 Å². The SMILES string of the molecule is OCCC#Cc1csc(COCCC2CCC2)c1. The van der Waals surface area contributed by atoms with Gasteiger partial charge in [0.1, 0.15) is 0 Å². The molecule has 1 saturated carbocycles. The predicted molar refractivity (Wildman–Crippen MR) is 74.5 cm³/mol. The number of hydrogen-bond acceptors (Lipinski definition) is 3. The Morgan fingerprint density at radius 3 is 3.06 bits per heavy atom. The van der Waals surface area contributed by atoms with Gasteiger partial charge in [-0.1, -0.05) is 31.1 Å². The van der Waals surface area contributed by atoms with Gasteiger partial charge in [-0.2, -0.15) is 0 Å². The van der Waals surface area contributed by atoms with Crippen LogP contribution in [0.5, 0.6) is 0 Å². The van der Waals surface area contributed by atoms with E-state index in [0.717, 1.165) is 18.1 Å². The van der Waals surface area contributed by atoms with Crippen molar-refractivity contribution >= 4 is 11.3 Å². The number of aliphatic hydroxyl groups excluding tert-OH is 1. The Morgan fingerprint density at radius 1 is 1.44 bits per heavy atom. The lowest BCUT2D eigenvalue weighted by molar-refractivity contribution is 0.0966. The van der Waals surface area contributed by atoms with Gasteiger partial charge in [-0.15, -0.1) is 11.3 Å². The topological polar surface area (TPSA) is 29.5 Å². The summed E-state index contributed by atoms with van der Waals surface area (Å²) in [5, 5.41) is 10.7. The first-order chi connectivity index (χ1) is 8.88. The van der Waals surface area contributed by atoms with Crippen molar-refractivity contribution in [2.45, 2.75) is 38.7 Å². The Balaban J connectivity index is 1.65. The van der Waals surface area contributed by atoms with E-state index in [-0.39, 0.29) is 6.61 Å². The Kier molecular flexibility index (Phi) is 5.73. The molecule has 1 aromatic heterocycles. The van der Waals surface area contributed by atoms with Crippen LogP contribution in [0.15, 0.2) is 11.4 Å². The van der Waals surface area contributed by atoms with Crippen LogP contribution >= 0.6 is 11.3 Å². The molecule has 1 heterocycles. The van der Waals surface area contributed by atoms with E-state index < -0.39 is 0 Å². The van der Waals surface area contributed by atoms with Gasteiger partial charge < -0.3 is 9.84 Å². The van der Waals surface area contributed by atoms with E-state index in [0.29, 0.717) is 13.0 Å². The minimum atomic E-state index is 0.133. The summed E-state index contributed by atoms with van der Waals surface area (Å²) < 4.78 is 5.69. The average molecular weight is 264 g/mol. The molecular formula is C15H20O2S. The molecule has 0 amide bonds. The minimum Gasteiger partial charge on any atom is -0.395 e. The van der Waals surface area contributed by atoms with Crippen molar-refractivity contribution < 1.29 is 9.84 Å². The lowest BCUT2D eigenvalue weighted by Crippen LogP contribution is -2.13. The van der Waals surface area contributed by atoms with Crippen LogP contribution < -0.4 is 0 Å². The Hall–Kier alpha value is -0.820. The highest BCUT2D eigenvalue weighted by Crippen LogP contribution is 2.29. The number of hydrogen-bond donors (Lipinski definition) is 1. The third-order valence-electron chi connectivity index (χ3n) is 3.26. The van der Waals surface area contributed by atoms with Crippen LogP contribution in [0, 0.1) is 17.8 Å². The Labute approximate surface area is 113 Å². The molecule has 0 spiro atoms. The van der Waals surface area contributed by atoms with Gasteiger partial charge in [0.2, 0.25) is 0 Å². The van der Waals surface area contributed by atoms with Gasteiger partial charge in [0.25, 0.3) is 0 Å². The lowest BCUT2D eigenvalue weighted by Gasteiger charge is -2.24. The first kappa shape index (κ1) is 13.6. The fourth-order valence-electron chi connectivity index (χ4n) is 1.95. The quantitative estimate of drug-likeness (QED) is 0.631. The van der Waals surface area contributed by atoms with Crippen molar-refractivity contribution in [1.82, 2.24) is 0 Å². The maximum atomic E-state index is 8.64. The molecule has 2 nitrogen and oxygen atoms in total. The molecule has 0 radical (unpaired) electrons. The molecule has 0 aliphatic heterocycles. The van der Waals surface area contributed by atoms with Gasteiger partial charge in [0.15, 0.2) is 0 Å². The molecule has 1 N–H and O–H groups in total.